The van der Waals surface area contributed by atoms with Gasteiger partial charge in [0.2, 0.25) is 0 Å². The van der Waals surface area contributed by atoms with Crippen LogP contribution in [0.1, 0.15) is 48.0 Å². The second-order valence-corrected chi connectivity index (χ2v) is 7.85. The molecule has 0 heterocycles. The number of hydrogen-bond donors (Lipinski definition) is 1. The van der Waals surface area contributed by atoms with E-state index in [0.717, 1.165) is 6.42 Å². The highest BCUT2D eigenvalue weighted by molar-refractivity contribution is 14.1. The van der Waals surface area contributed by atoms with Crippen molar-refractivity contribution in [3.63, 3.8) is 0 Å². The quantitative estimate of drug-likeness (QED) is 0.408. The number of benzene rings is 1. The van der Waals surface area contributed by atoms with Crippen LogP contribution in [0.15, 0.2) is 18.2 Å². The Kier molecular flexibility index (Phi) is 6.12. The highest BCUT2D eigenvalue weighted by Crippen LogP contribution is 2.41. The monoisotopic (exact) mass is 420 g/mol. The van der Waals surface area contributed by atoms with Gasteiger partial charge in [0.25, 0.3) is 0 Å². The van der Waals surface area contributed by atoms with Crippen molar-refractivity contribution in [1.29, 1.82) is 0 Å². The summed E-state index contributed by atoms with van der Waals surface area (Å²) in [4.78, 5) is 12.7. The second-order valence-electron chi connectivity index (χ2n) is 7.41. The maximum atomic E-state index is 12.7. The molecule has 0 fully saturated rings. The van der Waals surface area contributed by atoms with E-state index in [1.165, 1.54) is 6.07 Å². The van der Waals surface area contributed by atoms with E-state index in [4.69, 9.17) is 7.80 Å². The highest BCUT2D eigenvalue weighted by atomic mass is 127. The van der Waals surface area contributed by atoms with Gasteiger partial charge in [-0.2, -0.15) is 0 Å². The second kappa shape index (κ2) is 7.06. The number of carbonyl (C=O) groups is 1. The number of phenols is 1. The molecular weight excluding hydrogens is 395 g/mol. The van der Waals surface area contributed by atoms with Gasteiger partial charge in [0.15, 0.2) is 34.5 Å². The Labute approximate surface area is 146 Å². The third-order valence-corrected chi connectivity index (χ3v) is 4.34. The number of ether oxygens (including phenoxy) is 1. The molecule has 0 aliphatic carbocycles. The molecule has 0 amide bonds. The van der Waals surface area contributed by atoms with Crippen LogP contribution in [-0.2, 0) is 4.79 Å². The lowest BCUT2D eigenvalue weighted by molar-refractivity contribution is -0.149. The minimum Gasteiger partial charge on any atom is -0.504 e. The first kappa shape index (κ1) is 19.1. The number of phenolic OH excluding ortho intramolecular Hbond substituents is 1. The average Bonchev–Trinajstić information content (AvgIpc) is 2.36. The summed E-state index contributed by atoms with van der Waals surface area (Å²) in [6.07, 6.45) is 0.720. The molecule has 1 unspecified atom stereocenters. The Morgan fingerprint density at radius 1 is 1.27 bits per heavy atom. The summed E-state index contributed by atoms with van der Waals surface area (Å²) in [7, 11) is 0. The molecule has 0 aliphatic heterocycles. The van der Waals surface area contributed by atoms with E-state index in [-0.39, 0.29) is 23.1 Å². The molecule has 1 aromatic rings. The zero-order valence-electron chi connectivity index (χ0n) is 14.1. The van der Waals surface area contributed by atoms with Crippen molar-refractivity contribution in [2.75, 3.05) is 0 Å². The van der Waals surface area contributed by atoms with Gasteiger partial charge in [0, 0.05) is 6.07 Å². The largest absolute Gasteiger partial charge is 0.504 e. The van der Waals surface area contributed by atoms with Gasteiger partial charge < -0.3 is 12.9 Å². The van der Waals surface area contributed by atoms with E-state index in [9.17, 15) is 9.90 Å². The van der Waals surface area contributed by atoms with E-state index in [2.05, 4.69) is 20.8 Å². The Hall–Kier alpha value is -0.980. The molecule has 0 radical (unpaired) electrons. The predicted octanol–water partition coefficient (Wildman–Crippen LogP) is 5.12. The molecule has 1 rings (SSSR count). The van der Waals surface area contributed by atoms with Crippen LogP contribution in [0, 0.1) is 16.7 Å². The van der Waals surface area contributed by atoms with E-state index in [1.54, 1.807) is 35.1 Å². The lowest BCUT2D eigenvalue weighted by Crippen LogP contribution is -2.40. The first-order valence-corrected chi connectivity index (χ1v) is 8.21. The van der Waals surface area contributed by atoms with Gasteiger partial charge in [0.05, 0.1) is 5.41 Å². The molecule has 1 N–H and O–H groups in total. The van der Waals surface area contributed by atoms with Crippen molar-refractivity contribution in [3.05, 3.63) is 18.2 Å². The summed E-state index contributed by atoms with van der Waals surface area (Å²) in [6, 6.07) is 4.58. The zero-order chi connectivity index (χ0) is 17.1. The number of hydrogen-bond acceptors (Lipinski definition) is 4. The fourth-order valence-electron chi connectivity index (χ4n) is 2.46. The van der Waals surface area contributed by atoms with Gasteiger partial charge in [-0.25, -0.2) is 0 Å². The molecule has 1 aromatic carbocycles. The van der Waals surface area contributed by atoms with Crippen LogP contribution in [0.2, 0.25) is 0 Å². The molecule has 5 heteroatoms. The van der Waals surface area contributed by atoms with Crippen molar-refractivity contribution in [2.45, 2.75) is 48.0 Å². The van der Waals surface area contributed by atoms with Crippen LogP contribution >= 0.6 is 23.0 Å². The van der Waals surface area contributed by atoms with Gasteiger partial charge in [0.1, 0.15) is 5.75 Å². The molecule has 0 aliphatic rings. The topological polar surface area (TPSA) is 55.8 Å². The third kappa shape index (κ3) is 4.76. The lowest BCUT2D eigenvalue weighted by atomic mass is 9.69. The van der Waals surface area contributed by atoms with Crippen molar-refractivity contribution in [1.82, 2.24) is 0 Å². The summed E-state index contributed by atoms with van der Waals surface area (Å²) in [5.74, 6) is 0.466. The molecule has 0 saturated heterocycles. The van der Waals surface area contributed by atoms with Crippen LogP contribution in [0.3, 0.4) is 0 Å². The SMILES string of the molecule is CC(C)C(C)(CC(C)(C)C)C(=O)Oc1ccc(OI)c(O)c1. The van der Waals surface area contributed by atoms with Gasteiger partial charge in [-0.3, -0.25) is 4.79 Å². The number of carbonyl (C=O) groups excluding carboxylic acids is 1. The number of halogens is 1. The smallest absolute Gasteiger partial charge is 0.317 e. The average molecular weight is 420 g/mol. The standard InChI is InChI=1S/C17H25IO4/c1-11(2)17(6,10-16(3,4)5)15(20)21-12-7-8-14(22-18)13(19)9-12/h7-9,11,19H,10H2,1-6H3. The van der Waals surface area contributed by atoms with E-state index < -0.39 is 5.41 Å². The maximum Gasteiger partial charge on any atom is 0.317 e. The Morgan fingerprint density at radius 2 is 1.86 bits per heavy atom. The molecule has 1 atom stereocenters. The van der Waals surface area contributed by atoms with Crippen LogP contribution in [-0.4, -0.2) is 11.1 Å². The first-order chi connectivity index (χ1) is 9.99. The molecule has 0 spiro atoms. The van der Waals surface area contributed by atoms with E-state index in [0.29, 0.717) is 11.5 Å². The maximum absolute atomic E-state index is 12.7. The van der Waals surface area contributed by atoms with Gasteiger partial charge >= 0.3 is 5.97 Å². The minimum atomic E-state index is -0.591. The third-order valence-electron chi connectivity index (χ3n) is 3.86. The van der Waals surface area contributed by atoms with E-state index in [1.807, 2.05) is 20.8 Å². The van der Waals surface area contributed by atoms with Crippen LogP contribution in [0.25, 0.3) is 0 Å². The molecule has 22 heavy (non-hydrogen) atoms. The summed E-state index contributed by atoms with van der Waals surface area (Å²) in [5, 5.41) is 9.78. The Morgan fingerprint density at radius 3 is 2.27 bits per heavy atom. The normalized spacial score (nSPS) is 14.5. The fourth-order valence-corrected chi connectivity index (χ4v) is 2.84. The molecule has 4 nitrogen and oxygen atoms in total. The van der Waals surface area contributed by atoms with E-state index >= 15 is 0 Å². The van der Waals surface area contributed by atoms with Gasteiger partial charge in [-0.15, -0.1) is 0 Å². The van der Waals surface area contributed by atoms with Crippen molar-refractivity contribution >= 4 is 29.0 Å². The lowest BCUT2D eigenvalue weighted by Gasteiger charge is -2.36. The molecule has 124 valence electrons. The zero-order valence-corrected chi connectivity index (χ0v) is 16.2. The molecule has 0 aromatic heterocycles. The molecule has 0 saturated carbocycles. The van der Waals surface area contributed by atoms with Gasteiger partial charge in [-0.1, -0.05) is 34.6 Å². The predicted molar refractivity (Wildman–Crippen MR) is 95.4 cm³/mol. The number of rotatable bonds is 5. The van der Waals surface area contributed by atoms with Crippen LogP contribution in [0.5, 0.6) is 17.2 Å². The number of esters is 1. The highest BCUT2D eigenvalue weighted by Gasteiger charge is 2.41. The Bertz CT molecular complexity index is 534. The summed E-state index contributed by atoms with van der Waals surface area (Å²) in [5.41, 5.74) is -0.578. The first-order valence-electron chi connectivity index (χ1n) is 7.33. The van der Waals surface area contributed by atoms with Crippen molar-refractivity contribution in [3.8, 4) is 17.2 Å². The fraction of sp³-hybridized carbons (Fsp3) is 0.588. The van der Waals surface area contributed by atoms with Crippen LogP contribution < -0.4 is 7.80 Å². The van der Waals surface area contributed by atoms with Crippen molar-refractivity contribution in [2.24, 2.45) is 16.7 Å². The number of aromatic hydroxyl groups is 1. The minimum absolute atomic E-state index is 0.0130. The summed E-state index contributed by atoms with van der Waals surface area (Å²) >= 11 is 1.68. The Balaban J connectivity index is 2.99. The molecule has 0 bridgehead atoms. The summed E-state index contributed by atoms with van der Waals surface area (Å²) in [6.45, 7) is 12.3. The van der Waals surface area contributed by atoms with Gasteiger partial charge in [-0.05, 0) is 36.8 Å². The summed E-state index contributed by atoms with van der Waals surface area (Å²) < 4.78 is 10.5. The van der Waals surface area contributed by atoms with Crippen LogP contribution in [0.4, 0.5) is 0 Å². The van der Waals surface area contributed by atoms with Crippen molar-refractivity contribution < 1.29 is 17.7 Å². The molecular formula is C17H25IO4.